The molecule has 1 amide bonds. The number of benzene rings is 2. The smallest absolute Gasteiger partial charge is 0.251 e. The third kappa shape index (κ3) is 3.85. The summed E-state index contributed by atoms with van der Waals surface area (Å²) in [6.07, 6.45) is 0.400. The molecule has 6 N–H and O–H groups in total. The molecular weight excluding hydrogens is 360 g/mol. The van der Waals surface area contributed by atoms with E-state index in [-0.39, 0.29) is 23.2 Å². The highest BCUT2D eigenvalue weighted by atomic mass is 16.3. The van der Waals surface area contributed by atoms with Crippen LogP contribution in [0.25, 0.3) is 11.3 Å². The number of nitrogens with two attached hydrogens (primary N) is 1. The molecule has 0 fully saturated rings. The van der Waals surface area contributed by atoms with E-state index in [1.54, 1.807) is 43.4 Å². The summed E-state index contributed by atoms with van der Waals surface area (Å²) < 4.78 is 0. The summed E-state index contributed by atoms with van der Waals surface area (Å²) in [5.74, 6) is 4.68. The number of nitrogens with zero attached hydrogens (tertiary/aromatic N) is 4. The van der Waals surface area contributed by atoms with Crippen molar-refractivity contribution in [2.75, 3.05) is 7.05 Å². The first-order valence-electron chi connectivity index (χ1n) is 8.27. The molecule has 0 atom stereocenters. The van der Waals surface area contributed by atoms with Crippen molar-refractivity contribution in [1.29, 1.82) is 5.41 Å². The van der Waals surface area contributed by atoms with Crippen LogP contribution in [0.3, 0.4) is 0 Å². The molecule has 0 aliphatic rings. The Bertz CT molecular complexity index is 1060. The maximum Gasteiger partial charge on any atom is 0.251 e. The molecule has 142 valence electrons. The molecule has 0 unspecified atom stereocenters. The van der Waals surface area contributed by atoms with Crippen LogP contribution < -0.4 is 11.2 Å². The molecule has 0 aliphatic heterocycles. The zero-order valence-corrected chi connectivity index (χ0v) is 15.0. The molecule has 10 nitrogen and oxygen atoms in total. The number of phenols is 1. The van der Waals surface area contributed by atoms with Crippen molar-refractivity contribution in [3.05, 3.63) is 64.8 Å². The molecule has 0 bridgehead atoms. The van der Waals surface area contributed by atoms with E-state index in [1.165, 1.54) is 0 Å². The molecule has 0 radical (unpaired) electrons. The van der Waals surface area contributed by atoms with Crippen molar-refractivity contribution in [3.8, 4) is 17.0 Å². The van der Waals surface area contributed by atoms with Gasteiger partial charge in [0.15, 0.2) is 11.5 Å². The van der Waals surface area contributed by atoms with Crippen LogP contribution in [0, 0.1) is 5.41 Å². The van der Waals surface area contributed by atoms with Gasteiger partial charge in [-0.3, -0.25) is 10.2 Å². The van der Waals surface area contributed by atoms with Gasteiger partial charge in [0.1, 0.15) is 11.4 Å². The van der Waals surface area contributed by atoms with Crippen molar-refractivity contribution in [1.82, 2.24) is 20.7 Å². The molecule has 0 spiro atoms. The zero-order valence-electron chi connectivity index (χ0n) is 15.0. The number of amidine groups is 1. The van der Waals surface area contributed by atoms with Gasteiger partial charge >= 0.3 is 0 Å². The standard InChI is InChI=1S/C18H18N8O2/c1-21-18(28)12-4-2-3-10(7-12)8-13-9-11(5-6-14(13)27)15-16(23-26-22-15)17(19)24-25-20/h2-7,9,27H,8H2,1H3,(H,21,28)(H3,19,20,24)(H,22,23,26). The molecule has 1 heterocycles. The average molecular weight is 378 g/mol. The highest BCUT2D eigenvalue weighted by molar-refractivity contribution is 6.00. The van der Waals surface area contributed by atoms with Gasteiger partial charge in [0, 0.05) is 24.6 Å². The van der Waals surface area contributed by atoms with Crippen LogP contribution in [0.1, 0.15) is 27.2 Å². The van der Waals surface area contributed by atoms with Gasteiger partial charge in [-0.15, -0.1) is 5.11 Å². The second-order valence-electron chi connectivity index (χ2n) is 5.88. The number of aromatic nitrogens is 3. The molecule has 0 saturated carbocycles. The second kappa shape index (κ2) is 8.08. The number of hydrogen-bond donors (Lipinski definition) is 5. The van der Waals surface area contributed by atoms with Crippen LogP contribution >= 0.6 is 0 Å². The number of hydrogen-bond acceptors (Lipinski definition) is 6. The maximum absolute atomic E-state index is 11.8. The third-order valence-corrected chi connectivity index (χ3v) is 4.09. The minimum absolute atomic E-state index is 0.107. The van der Waals surface area contributed by atoms with Crippen LogP contribution in [0.15, 0.2) is 52.8 Å². The maximum atomic E-state index is 11.8. The minimum Gasteiger partial charge on any atom is -0.508 e. The molecule has 3 rings (SSSR count). The van der Waals surface area contributed by atoms with Gasteiger partial charge < -0.3 is 16.3 Å². The Morgan fingerprint density at radius 2 is 2.11 bits per heavy atom. The predicted molar refractivity (Wildman–Crippen MR) is 102 cm³/mol. The number of aromatic hydroxyl groups is 1. The number of rotatable bonds is 5. The Balaban J connectivity index is 1.95. The molecule has 1 aromatic heterocycles. The number of aromatic amines is 1. The number of nitrogens with one attached hydrogen (secondary N) is 3. The quantitative estimate of drug-likeness (QED) is 0.150. The van der Waals surface area contributed by atoms with Gasteiger partial charge in [-0.05, 0) is 41.5 Å². The summed E-state index contributed by atoms with van der Waals surface area (Å²) in [4.78, 5) is 11.8. The second-order valence-corrected chi connectivity index (χ2v) is 5.88. The Morgan fingerprint density at radius 1 is 1.29 bits per heavy atom. The molecule has 0 aliphatic carbocycles. The van der Waals surface area contributed by atoms with Gasteiger partial charge in [0.25, 0.3) is 5.91 Å². The van der Waals surface area contributed by atoms with Gasteiger partial charge in [0.05, 0.1) is 0 Å². The molecule has 2 aromatic carbocycles. The van der Waals surface area contributed by atoms with Crippen molar-refractivity contribution >= 4 is 11.7 Å². The van der Waals surface area contributed by atoms with Crippen LogP contribution in [-0.2, 0) is 6.42 Å². The van der Waals surface area contributed by atoms with E-state index in [2.05, 4.69) is 31.1 Å². The van der Waals surface area contributed by atoms with E-state index in [0.29, 0.717) is 28.8 Å². The molecule has 3 aromatic rings. The van der Waals surface area contributed by atoms with Gasteiger partial charge in [-0.25, -0.2) is 0 Å². The lowest BCUT2D eigenvalue weighted by Gasteiger charge is -2.09. The largest absolute Gasteiger partial charge is 0.508 e. The van der Waals surface area contributed by atoms with Gasteiger partial charge in [0.2, 0.25) is 0 Å². The summed E-state index contributed by atoms with van der Waals surface area (Å²) in [7, 11) is 1.57. The van der Waals surface area contributed by atoms with E-state index in [0.717, 1.165) is 5.56 Å². The van der Waals surface area contributed by atoms with E-state index in [1.807, 2.05) is 6.07 Å². The first-order chi connectivity index (χ1) is 13.5. The van der Waals surface area contributed by atoms with Crippen LogP contribution in [0.2, 0.25) is 0 Å². The van der Waals surface area contributed by atoms with Crippen molar-refractivity contribution in [2.45, 2.75) is 6.42 Å². The summed E-state index contributed by atoms with van der Waals surface area (Å²) in [5.41, 5.74) is 3.24. The topological polar surface area (TPSA) is 165 Å². The fraction of sp³-hybridized carbons (Fsp3) is 0.111. The van der Waals surface area contributed by atoms with Crippen molar-refractivity contribution in [2.24, 2.45) is 16.2 Å². The Morgan fingerprint density at radius 3 is 2.86 bits per heavy atom. The van der Waals surface area contributed by atoms with Gasteiger partial charge in [-0.2, -0.15) is 15.4 Å². The average Bonchev–Trinajstić information content (AvgIpc) is 3.19. The van der Waals surface area contributed by atoms with Crippen molar-refractivity contribution < 1.29 is 9.90 Å². The number of phenolic OH excluding ortho intramolecular Hbond substituents is 1. The van der Waals surface area contributed by atoms with E-state index >= 15 is 0 Å². The Kier molecular flexibility index (Phi) is 5.40. The zero-order chi connectivity index (χ0) is 20.1. The van der Waals surface area contributed by atoms with Gasteiger partial charge in [-0.1, -0.05) is 17.4 Å². The van der Waals surface area contributed by atoms with Crippen molar-refractivity contribution in [3.63, 3.8) is 0 Å². The fourth-order valence-corrected chi connectivity index (χ4v) is 2.76. The molecule has 10 heteroatoms. The number of amides is 1. The lowest BCUT2D eigenvalue weighted by atomic mass is 9.98. The van der Waals surface area contributed by atoms with Crippen LogP contribution in [-0.4, -0.2) is 39.3 Å². The lowest BCUT2D eigenvalue weighted by molar-refractivity contribution is 0.0963. The summed E-state index contributed by atoms with van der Waals surface area (Å²) in [5, 5.41) is 37.7. The van der Waals surface area contributed by atoms with E-state index in [9.17, 15) is 9.90 Å². The monoisotopic (exact) mass is 378 g/mol. The minimum atomic E-state index is -0.237. The third-order valence-electron chi connectivity index (χ3n) is 4.09. The van der Waals surface area contributed by atoms with E-state index < -0.39 is 0 Å². The number of carbonyl (C=O) groups excluding carboxylic acids is 1. The summed E-state index contributed by atoms with van der Waals surface area (Å²) in [6.45, 7) is 0. The molecule has 28 heavy (non-hydrogen) atoms. The SMILES string of the molecule is CNC(=O)c1cccc(Cc2cc(-c3n[nH]nc3C(=N)N=NN)ccc2O)c1. The highest BCUT2D eigenvalue weighted by Crippen LogP contribution is 2.28. The molecule has 0 saturated heterocycles. The number of H-pyrrole nitrogens is 1. The van der Waals surface area contributed by atoms with Crippen LogP contribution in [0.5, 0.6) is 5.75 Å². The van der Waals surface area contributed by atoms with E-state index in [4.69, 9.17) is 11.3 Å². The predicted octanol–water partition coefficient (Wildman–Crippen LogP) is 1.78. The Hall–Kier alpha value is -4.08. The fourth-order valence-electron chi connectivity index (χ4n) is 2.76. The summed E-state index contributed by atoms with van der Waals surface area (Å²) in [6, 6.07) is 12.1. The first kappa shape index (κ1) is 18.7. The normalized spacial score (nSPS) is 10.9. The highest BCUT2D eigenvalue weighted by Gasteiger charge is 2.16. The Labute approximate surface area is 160 Å². The van der Waals surface area contributed by atoms with Crippen LogP contribution in [0.4, 0.5) is 0 Å². The first-order valence-corrected chi connectivity index (χ1v) is 8.27. The lowest BCUT2D eigenvalue weighted by Crippen LogP contribution is -2.17. The molecular formula is C18H18N8O2. The summed E-state index contributed by atoms with van der Waals surface area (Å²) >= 11 is 0. The number of carbonyl (C=O) groups is 1.